The first-order valence-corrected chi connectivity index (χ1v) is 8.93. The van der Waals surface area contributed by atoms with E-state index in [9.17, 15) is 8.42 Å². The van der Waals surface area contributed by atoms with Crippen LogP contribution in [0.4, 0.5) is 0 Å². The Kier molecular flexibility index (Phi) is 5.07. The molecule has 0 unspecified atom stereocenters. The van der Waals surface area contributed by atoms with Crippen LogP contribution in [0.2, 0.25) is 0 Å². The highest BCUT2D eigenvalue weighted by atomic mass is 32.2. The molecule has 6 nitrogen and oxygen atoms in total. The lowest BCUT2D eigenvalue weighted by Gasteiger charge is -2.43. The Balaban J connectivity index is 2.15. The molecule has 2 saturated heterocycles. The Morgan fingerprint density at radius 2 is 1.95 bits per heavy atom. The molecular weight excluding hydrogens is 280 g/mol. The second kappa shape index (κ2) is 6.27. The van der Waals surface area contributed by atoms with E-state index in [1.165, 1.54) is 0 Å². The molecule has 0 radical (unpaired) electrons. The zero-order chi connectivity index (χ0) is 14.8. The predicted octanol–water partition coefficient (Wildman–Crippen LogP) is 0.148. The van der Waals surface area contributed by atoms with Crippen molar-refractivity contribution in [2.75, 3.05) is 51.8 Å². The minimum atomic E-state index is -3.17. The molecule has 7 heteroatoms. The van der Waals surface area contributed by atoms with Crippen molar-refractivity contribution in [2.45, 2.75) is 32.4 Å². The molecule has 0 N–H and O–H groups in total. The van der Waals surface area contributed by atoms with Gasteiger partial charge in [0.1, 0.15) is 5.60 Å². The Morgan fingerprint density at radius 1 is 1.20 bits per heavy atom. The molecule has 2 rings (SSSR count). The van der Waals surface area contributed by atoms with Crippen LogP contribution in [-0.4, -0.2) is 81.0 Å². The SMILES string of the molecule is CCS(=O)(=O)N1CCO[C@]2(COCCN(C(C)C)C2)C1. The third-order valence-corrected chi connectivity index (χ3v) is 5.91. The maximum Gasteiger partial charge on any atom is 0.214 e. The van der Waals surface area contributed by atoms with E-state index in [4.69, 9.17) is 9.47 Å². The number of morpholine rings is 1. The van der Waals surface area contributed by atoms with E-state index in [2.05, 4.69) is 18.7 Å². The van der Waals surface area contributed by atoms with E-state index >= 15 is 0 Å². The molecule has 118 valence electrons. The molecule has 0 aromatic rings. The summed E-state index contributed by atoms with van der Waals surface area (Å²) in [7, 11) is -3.17. The van der Waals surface area contributed by atoms with Crippen molar-refractivity contribution in [1.29, 1.82) is 0 Å². The highest BCUT2D eigenvalue weighted by Gasteiger charge is 2.43. The molecular formula is C13H26N2O4S. The van der Waals surface area contributed by atoms with E-state index in [1.807, 2.05) is 0 Å². The molecule has 2 fully saturated rings. The number of ether oxygens (including phenoxy) is 2. The molecule has 1 spiro atoms. The van der Waals surface area contributed by atoms with Gasteiger partial charge in [-0.05, 0) is 20.8 Å². The van der Waals surface area contributed by atoms with Crippen molar-refractivity contribution >= 4 is 10.0 Å². The van der Waals surface area contributed by atoms with Crippen molar-refractivity contribution in [2.24, 2.45) is 0 Å². The summed E-state index contributed by atoms with van der Waals surface area (Å²) < 4.78 is 37.4. The van der Waals surface area contributed by atoms with Crippen molar-refractivity contribution in [3.63, 3.8) is 0 Å². The van der Waals surface area contributed by atoms with Gasteiger partial charge in [0.05, 0.1) is 25.6 Å². The Hall–Kier alpha value is -0.210. The maximum atomic E-state index is 12.1. The molecule has 0 aromatic carbocycles. The Morgan fingerprint density at radius 3 is 2.60 bits per heavy atom. The summed E-state index contributed by atoms with van der Waals surface area (Å²) >= 11 is 0. The smallest absolute Gasteiger partial charge is 0.214 e. The fraction of sp³-hybridized carbons (Fsp3) is 1.00. The molecule has 2 aliphatic heterocycles. The van der Waals surface area contributed by atoms with Crippen LogP contribution >= 0.6 is 0 Å². The average Bonchev–Trinajstić information content (AvgIpc) is 2.62. The molecule has 0 bridgehead atoms. The molecule has 0 amide bonds. The van der Waals surface area contributed by atoms with E-state index in [1.54, 1.807) is 11.2 Å². The molecule has 0 aromatic heterocycles. The molecule has 0 saturated carbocycles. The summed E-state index contributed by atoms with van der Waals surface area (Å²) in [5, 5.41) is 0. The summed E-state index contributed by atoms with van der Waals surface area (Å²) in [5.74, 6) is 0.137. The van der Waals surface area contributed by atoms with Crippen LogP contribution < -0.4 is 0 Å². The quantitative estimate of drug-likeness (QED) is 0.743. The van der Waals surface area contributed by atoms with Gasteiger partial charge in [0.15, 0.2) is 0 Å². The number of rotatable bonds is 3. The first-order valence-electron chi connectivity index (χ1n) is 7.32. The normalized spacial score (nSPS) is 30.8. The Bertz CT molecular complexity index is 426. The molecule has 2 aliphatic rings. The van der Waals surface area contributed by atoms with Crippen LogP contribution in [0.15, 0.2) is 0 Å². The third kappa shape index (κ3) is 3.51. The van der Waals surface area contributed by atoms with Crippen molar-refractivity contribution < 1.29 is 17.9 Å². The molecule has 2 heterocycles. The van der Waals surface area contributed by atoms with Gasteiger partial charge in [-0.3, -0.25) is 4.90 Å². The maximum absolute atomic E-state index is 12.1. The van der Waals surface area contributed by atoms with Crippen molar-refractivity contribution in [1.82, 2.24) is 9.21 Å². The highest BCUT2D eigenvalue weighted by Crippen LogP contribution is 2.25. The lowest BCUT2D eigenvalue weighted by Crippen LogP contribution is -2.60. The van der Waals surface area contributed by atoms with E-state index < -0.39 is 15.6 Å². The predicted molar refractivity (Wildman–Crippen MR) is 77.2 cm³/mol. The minimum Gasteiger partial charge on any atom is -0.377 e. The fourth-order valence-corrected chi connectivity index (χ4v) is 3.94. The lowest BCUT2D eigenvalue weighted by atomic mass is 10.0. The first-order chi connectivity index (χ1) is 9.38. The van der Waals surface area contributed by atoms with Gasteiger partial charge < -0.3 is 9.47 Å². The van der Waals surface area contributed by atoms with E-state index in [-0.39, 0.29) is 5.75 Å². The first kappa shape index (κ1) is 16.2. The van der Waals surface area contributed by atoms with Gasteiger partial charge >= 0.3 is 0 Å². The second-order valence-electron chi connectivity index (χ2n) is 5.88. The number of nitrogens with zero attached hydrogens (tertiary/aromatic N) is 2. The van der Waals surface area contributed by atoms with Gasteiger partial charge in [-0.1, -0.05) is 0 Å². The van der Waals surface area contributed by atoms with Gasteiger partial charge in [-0.25, -0.2) is 8.42 Å². The van der Waals surface area contributed by atoms with Gasteiger partial charge in [0.25, 0.3) is 0 Å². The summed E-state index contributed by atoms with van der Waals surface area (Å²) in [4.78, 5) is 2.30. The summed E-state index contributed by atoms with van der Waals surface area (Å²) in [5.41, 5.74) is -0.527. The average molecular weight is 306 g/mol. The third-order valence-electron chi connectivity index (χ3n) is 4.08. The van der Waals surface area contributed by atoms with Crippen LogP contribution in [0.25, 0.3) is 0 Å². The summed E-state index contributed by atoms with van der Waals surface area (Å²) in [6.07, 6.45) is 0. The van der Waals surface area contributed by atoms with Gasteiger partial charge in [-0.15, -0.1) is 0 Å². The number of hydrogen-bond acceptors (Lipinski definition) is 5. The zero-order valence-electron chi connectivity index (χ0n) is 12.7. The molecule has 1 atom stereocenters. The molecule has 0 aliphatic carbocycles. The van der Waals surface area contributed by atoms with Gasteiger partial charge in [0, 0.05) is 32.2 Å². The van der Waals surface area contributed by atoms with Crippen LogP contribution in [0.1, 0.15) is 20.8 Å². The lowest BCUT2D eigenvalue weighted by molar-refractivity contribution is -0.127. The van der Waals surface area contributed by atoms with Crippen LogP contribution in [0.3, 0.4) is 0 Å². The van der Waals surface area contributed by atoms with E-state index in [0.29, 0.717) is 39.0 Å². The van der Waals surface area contributed by atoms with Crippen molar-refractivity contribution in [3.05, 3.63) is 0 Å². The fourth-order valence-electron chi connectivity index (χ4n) is 2.79. The van der Waals surface area contributed by atoms with E-state index in [0.717, 1.165) is 13.1 Å². The Labute approximate surface area is 122 Å². The van der Waals surface area contributed by atoms with Crippen molar-refractivity contribution in [3.8, 4) is 0 Å². The van der Waals surface area contributed by atoms with Crippen LogP contribution in [0.5, 0.6) is 0 Å². The number of sulfonamides is 1. The van der Waals surface area contributed by atoms with Crippen LogP contribution in [0, 0.1) is 0 Å². The van der Waals surface area contributed by atoms with Gasteiger partial charge in [-0.2, -0.15) is 4.31 Å². The minimum absolute atomic E-state index is 0.137. The highest BCUT2D eigenvalue weighted by molar-refractivity contribution is 7.89. The second-order valence-corrected chi connectivity index (χ2v) is 8.14. The van der Waals surface area contributed by atoms with Crippen LogP contribution in [-0.2, 0) is 19.5 Å². The standard InChI is InChI=1S/C13H26N2O4S/c1-4-20(16,17)15-6-8-19-13(10-15)9-14(12(2)3)5-7-18-11-13/h12H,4-11H2,1-3H3/t13-/m0/s1. The largest absolute Gasteiger partial charge is 0.377 e. The molecule has 20 heavy (non-hydrogen) atoms. The number of hydrogen-bond donors (Lipinski definition) is 0. The topological polar surface area (TPSA) is 59.1 Å². The summed E-state index contributed by atoms with van der Waals surface area (Å²) in [6, 6.07) is 0.398. The zero-order valence-corrected chi connectivity index (χ0v) is 13.5. The monoisotopic (exact) mass is 306 g/mol. The summed E-state index contributed by atoms with van der Waals surface area (Å²) in [6.45, 7) is 9.96. The van der Waals surface area contributed by atoms with Gasteiger partial charge in [0.2, 0.25) is 10.0 Å².